The smallest absolute Gasteiger partial charge is 0.187 e. The van der Waals surface area contributed by atoms with E-state index < -0.39 is 47.9 Å². The lowest BCUT2D eigenvalue weighted by molar-refractivity contribution is -0.268. The van der Waals surface area contributed by atoms with Crippen LogP contribution in [0, 0.1) is 0 Å². The van der Waals surface area contributed by atoms with E-state index in [-0.39, 0.29) is 24.4 Å². The van der Waals surface area contributed by atoms with E-state index in [9.17, 15) is 0 Å². The lowest BCUT2D eigenvalue weighted by atomic mass is 9.99. The van der Waals surface area contributed by atoms with Crippen LogP contribution in [0.2, 0.25) is 98.2 Å². The second kappa shape index (κ2) is 10.8. The van der Waals surface area contributed by atoms with Crippen molar-refractivity contribution in [2.75, 3.05) is 6.61 Å². The Morgan fingerprint density at radius 1 is 0.469 bits per heavy atom. The molecule has 1 fully saturated rings. The van der Waals surface area contributed by atoms with Gasteiger partial charge < -0.3 is 26.9 Å². The van der Waals surface area contributed by atoms with Gasteiger partial charge in [-0.25, -0.2) is 0 Å². The van der Waals surface area contributed by atoms with Gasteiger partial charge in [-0.3, -0.25) is 0 Å². The Morgan fingerprint density at radius 2 is 0.844 bits per heavy atom. The fraction of sp³-hybridized carbons (Fsp3) is 1.00. The summed E-state index contributed by atoms with van der Waals surface area (Å²) in [4.78, 5) is 0. The molecule has 1 aliphatic rings. The highest BCUT2D eigenvalue weighted by atomic mass is 28.4. The summed E-state index contributed by atoms with van der Waals surface area (Å²) >= 11 is 0. The van der Waals surface area contributed by atoms with E-state index >= 15 is 0 Å². The molecule has 0 saturated carbocycles. The van der Waals surface area contributed by atoms with Gasteiger partial charge in [0.2, 0.25) is 0 Å². The van der Waals surface area contributed by atoms with Gasteiger partial charge in [0.15, 0.2) is 47.9 Å². The molecule has 1 heterocycles. The van der Waals surface area contributed by atoms with Crippen molar-refractivity contribution in [1.29, 1.82) is 0 Å². The Labute approximate surface area is 203 Å². The van der Waals surface area contributed by atoms with Crippen LogP contribution in [0.3, 0.4) is 0 Å². The van der Waals surface area contributed by atoms with Crippen LogP contribution in [0.5, 0.6) is 0 Å². The minimum Gasteiger partial charge on any atom is -0.415 e. The third kappa shape index (κ3) is 12.5. The standard InChI is InChI=1S/C21H52O6Si5/c1-28(2,3)22-16-17-18(24-29(4,5)6)19(25-30(7,8)9)20(26-31(10,11)12)21(23-17)27-32(13,14)15/h17-21H,16H2,1-15H3/t17?,18-,19-,20?,21+/m0/s1. The molecule has 0 aromatic heterocycles. The first-order chi connectivity index (χ1) is 14.0. The second-order valence-corrected chi connectivity index (χ2v) is 36.1. The maximum atomic E-state index is 6.85. The molecule has 0 N–H and O–H groups in total. The molecule has 1 saturated heterocycles. The van der Waals surface area contributed by atoms with E-state index in [4.69, 9.17) is 26.9 Å². The number of rotatable bonds is 11. The highest BCUT2D eigenvalue weighted by Gasteiger charge is 2.52. The molecule has 32 heavy (non-hydrogen) atoms. The van der Waals surface area contributed by atoms with Crippen molar-refractivity contribution in [2.45, 2.75) is 129 Å². The zero-order valence-corrected chi connectivity index (χ0v) is 28.5. The van der Waals surface area contributed by atoms with Gasteiger partial charge in [0.25, 0.3) is 0 Å². The monoisotopic (exact) mass is 540 g/mol. The molecule has 5 atom stereocenters. The summed E-state index contributed by atoms with van der Waals surface area (Å²) in [6.07, 6.45) is -1.54. The van der Waals surface area contributed by atoms with Crippen molar-refractivity contribution in [3.8, 4) is 0 Å². The molecule has 11 heteroatoms. The third-order valence-electron chi connectivity index (χ3n) is 4.21. The number of hydrogen-bond donors (Lipinski definition) is 0. The minimum absolute atomic E-state index is 0.243. The van der Waals surface area contributed by atoms with Crippen molar-refractivity contribution < 1.29 is 26.9 Å². The molecular weight excluding hydrogens is 489 g/mol. The molecule has 6 nitrogen and oxygen atoms in total. The molecule has 0 aromatic carbocycles. The molecule has 0 amide bonds. The summed E-state index contributed by atoms with van der Waals surface area (Å²) in [6.45, 7) is 33.6. The molecule has 0 aliphatic carbocycles. The Balaban J connectivity index is 3.50. The SMILES string of the molecule is C[Si](C)(C)OCC1O[C@H](O[Si](C)(C)C)C(O[Si](C)(C)C)[C@@H](O[Si](C)(C)C)[C@H]1O[Si](C)(C)C. The lowest BCUT2D eigenvalue weighted by Gasteiger charge is -2.51. The third-order valence-corrected chi connectivity index (χ3v) is 9.12. The average molecular weight is 541 g/mol. The lowest BCUT2D eigenvalue weighted by Crippen LogP contribution is -2.67. The van der Waals surface area contributed by atoms with E-state index in [2.05, 4.69) is 98.2 Å². The number of hydrogen-bond acceptors (Lipinski definition) is 6. The van der Waals surface area contributed by atoms with Crippen LogP contribution in [0.15, 0.2) is 0 Å². The van der Waals surface area contributed by atoms with Crippen molar-refractivity contribution in [1.82, 2.24) is 0 Å². The highest BCUT2D eigenvalue weighted by Crippen LogP contribution is 2.35. The first kappa shape index (κ1) is 30.9. The van der Waals surface area contributed by atoms with Gasteiger partial charge in [-0.2, -0.15) is 0 Å². The second-order valence-electron chi connectivity index (χ2n) is 13.8. The van der Waals surface area contributed by atoms with Crippen LogP contribution in [0.4, 0.5) is 0 Å². The van der Waals surface area contributed by atoms with Crippen molar-refractivity contribution in [2.24, 2.45) is 0 Å². The Kier molecular flexibility index (Phi) is 10.5. The van der Waals surface area contributed by atoms with Crippen LogP contribution in [0.25, 0.3) is 0 Å². The van der Waals surface area contributed by atoms with Crippen LogP contribution in [0.1, 0.15) is 0 Å². The van der Waals surface area contributed by atoms with Gasteiger partial charge in [0.05, 0.1) is 6.61 Å². The van der Waals surface area contributed by atoms with Crippen LogP contribution >= 0.6 is 0 Å². The summed E-state index contributed by atoms with van der Waals surface area (Å²) in [7, 11) is -9.37. The average Bonchev–Trinajstić information content (AvgIpc) is 2.45. The summed E-state index contributed by atoms with van der Waals surface area (Å²) in [5.41, 5.74) is 0. The van der Waals surface area contributed by atoms with E-state index in [1.165, 1.54) is 0 Å². The largest absolute Gasteiger partial charge is 0.415 e. The molecule has 2 unspecified atom stereocenters. The molecule has 0 radical (unpaired) electrons. The van der Waals surface area contributed by atoms with Gasteiger partial charge in [0, 0.05) is 0 Å². The topological polar surface area (TPSA) is 55.4 Å². The molecular formula is C21H52O6Si5. The highest BCUT2D eigenvalue weighted by molar-refractivity contribution is 6.71. The molecule has 1 aliphatic heterocycles. The molecule has 0 spiro atoms. The molecule has 192 valence electrons. The van der Waals surface area contributed by atoms with Gasteiger partial charge in [-0.15, -0.1) is 0 Å². The maximum absolute atomic E-state index is 6.85. The van der Waals surface area contributed by atoms with Crippen molar-refractivity contribution in [3.05, 3.63) is 0 Å². The zero-order valence-electron chi connectivity index (χ0n) is 23.5. The Hall–Kier alpha value is 0.844. The summed E-state index contributed by atoms with van der Waals surface area (Å²) in [6, 6.07) is 0. The fourth-order valence-corrected chi connectivity index (χ4v) is 8.21. The predicted octanol–water partition coefficient (Wildman–Crippen LogP) is 6.07. The van der Waals surface area contributed by atoms with E-state index in [1.807, 2.05) is 0 Å². The number of ether oxygens (including phenoxy) is 1. The Bertz CT molecular complexity index is 586. The minimum atomic E-state index is -1.92. The van der Waals surface area contributed by atoms with Crippen molar-refractivity contribution >= 4 is 41.6 Å². The normalized spacial score (nSPS) is 28.8. The summed E-state index contributed by atoms with van der Waals surface area (Å²) in [5, 5.41) is 0. The van der Waals surface area contributed by atoms with Gasteiger partial charge in [0.1, 0.15) is 24.4 Å². The van der Waals surface area contributed by atoms with E-state index in [1.54, 1.807) is 0 Å². The first-order valence-corrected chi connectivity index (χ1v) is 29.0. The Morgan fingerprint density at radius 3 is 1.22 bits per heavy atom. The van der Waals surface area contributed by atoms with Crippen LogP contribution < -0.4 is 0 Å². The van der Waals surface area contributed by atoms with E-state index in [0.29, 0.717) is 6.61 Å². The predicted molar refractivity (Wildman–Crippen MR) is 147 cm³/mol. The van der Waals surface area contributed by atoms with Crippen LogP contribution in [-0.4, -0.2) is 78.9 Å². The maximum Gasteiger partial charge on any atom is 0.187 e. The molecule has 0 bridgehead atoms. The van der Waals surface area contributed by atoms with Crippen LogP contribution in [-0.2, 0) is 26.9 Å². The van der Waals surface area contributed by atoms with E-state index in [0.717, 1.165) is 0 Å². The quantitative estimate of drug-likeness (QED) is 0.296. The molecule has 0 aromatic rings. The first-order valence-electron chi connectivity index (χ1n) is 12.0. The zero-order chi connectivity index (χ0) is 25.3. The van der Waals surface area contributed by atoms with Gasteiger partial charge in [-0.1, -0.05) is 0 Å². The van der Waals surface area contributed by atoms with Gasteiger partial charge >= 0.3 is 0 Å². The fourth-order valence-electron chi connectivity index (χ4n) is 3.41. The van der Waals surface area contributed by atoms with Gasteiger partial charge in [-0.05, 0) is 98.2 Å². The summed E-state index contributed by atoms with van der Waals surface area (Å²) in [5.74, 6) is 0. The summed E-state index contributed by atoms with van der Waals surface area (Å²) < 4.78 is 39.9. The van der Waals surface area contributed by atoms with Crippen molar-refractivity contribution in [3.63, 3.8) is 0 Å². The molecule has 1 rings (SSSR count).